The Hall–Kier alpha value is -1.96. The Morgan fingerprint density at radius 1 is 1.50 bits per heavy atom. The monoisotopic (exact) mass is 344 g/mol. The molecular formula is C17H20N4O2S. The summed E-state index contributed by atoms with van der Waals surface area (Å²) < 4.78 is 5.54. The maximum Gasteiger partial charge on any atom is 0.244 e. The van der Waals surface area contributed by atoms with E-state index >= 15 is 0 Å². The summed E-state index contributed by atoms with van der Waals surface area (Å²) in [6.07, 6.45) is 0.942. The van der Waals surface area contributed by atoms with E-state index in [4.69, 9.17) is 4.74 Å². The first-order valence-corrected chi connectivity index (χ1v) is 9.02. The van der Waals surface area contributed by atoms with Gasteiger partial charge in [0.25, 0.3) is 0 Å². The van der Waals surface area contributed by atoms with Crippen LogP contribution in [0.5, 0.6) is 5.75 Å². The van der Waals surface area contributed by atoms with Gasteiger partial charge in [-0.1, -0.05) is 0 Å². The van der Waals surface area contributed by atoms with Crippen molar-refractivity contribution < 1.29 is 9.53 Å². The van der Waals surface area contributed by atoms with Crippen molar-refractivity contribution >= 4 is 22.4 Å². The molecule has 0 bridgehead atoms. The minimum atomic E-state index is -0.150. The van der Waals surface area contributed by atoms with E-state index in [1.165, 1.54) is 16.9 Å². The van der Waals surface area contributed by atoms with Gasteiger partial charge in [0.2, 0.25) is 5.91 Å². The number of anilines is 1. The largest absolute Gasteiger partial charge is 0.493 e. The number of hydrogen-bond acceptors (Lipinski definition) is 6. The van der Waals surface area contributed by atoms with E-state index in [0.29, 0.717) is 11.7 Å². The molecule has 2 aromatic rings. The number of nitrogens with one attached hydrogen (secondary N) is 2. The number of rotatable bonds is 3. The summed E-state index contributed by atoms with van der Waals surface area (Å²) in [6, 6.07) is 5.99. The molecule has 0 spiro atoms. The summed E-state index contributed by atoms with van der Waals surface area (Å²) in [5.41, 5.74) is 3.17. The Morgan fingerprint density at radius 3 is 3.29 bits per heavy atom. The lowest BCUT2D eigenvalue weighted by molar-refractivity contribution is -0.121. The van der Waals surface area contributed by atoms with Crippen LogP contribution in [0.3, 0.4) is 0 Å². The van der Waals surface area contributed by atoms with E-state index in [2.05, 4.69) is 26.6 Å². The molecule has 4 rings (SSSR count). The number of aromatic nitrogens is 1. The third-order valence-corrected chi connectivity index (χ3v) is 5.29. The van der Waals surface area contributed by atoms with Crippen LogP contribution >= 0.6 is 11.3 Å². The number of ether oxygens (including phenoxy) is 1. The number of benzene rings is 1. The molecule has 1 fully saturated rings. The predicted molar refractivity (Wildman–Crippen MR) is 94.7 cm³/mol. The number of likely N-dealkylation sites (N-methyl/N-ethyl adjacent to an activating group) is 1. The lowest BCUT2D eigenvalue weighted by Crippen LogP contribution is -2.54. The number of carbonyl (C=O) groups is 1. The molecule has 7 heteroatoms. The normalized spacial score (nSPS) is 20.5. The molecule has 6 nitrogen and oxygen atoms in total. The van der Waals surface area contributed by atoms with Crippen LogP contribution in [0.15, 0.2) is 23.6 Å². The lowest BCUT2D eigenvalue weighted by Gasteiger charge is -2.31. The van der Waals surface area contributed by atoms with Crippen molar-refractivity contribution in [3.63, 3.8) is 0 Å². The summed E-state index contributed by atoms with van der Waals surface area (Å²) in [7, 11) is 1.98. The maximum absolute atomic E-state index is 12.4. The zero-order valence-corrected chi connectivity index (χ0v) is 14.4. The third-order valence-electron chi connectivity index (χ3n) is 4.53. The number of fused-ring (bicyclic) bond motifs is 1. The number of carbonyl (C=O) groups excluding carboxylic acids is 1. The van der Waals surface area contributed by atoms with Crippen LogP contribution in [0, 0.1) is 0 Å². The summed E-state index contributed by atoms with van der Waals surface area (Å²) >= 11 is 1.46. The summed E-state index contributed by atoms with van der Waals surface area (Å²) in [4.78, 5) is 19.1. The fraction of sp³-hybridized carbons (Fsp3) is 0.412. The summed E-state index contributed by atoms with van der Waals surface area (Å²) in [6.45, 7) is 3.22. The lowest BCUT2D eigenvalue weighted by atomic mass is 10.1. The van der Waals surface area contributed by atoms with Crippen molar-refractivity contribution in [1.82, 2.24) is 15.2 Å². The minimum absolute atomic E-state index is 0.00652. The zero-order chi connectivity index (χ0) is 16.5. The average molecular weight is 344 g/mol. The highest BCUT2D eigenvalue weighted by molar-refractivity contribution is 7.14. The standard InChI is InChI=1S/C17H20N4O2S/c1-21-6-5-18-9-14(21)16(22)20-17-19-13(10-24-17)11-2-3-15-12(8-11)4-7-23-15/h2-3,8,10,14,18H,4-7,9H2,1H3,(H,19,20,22)/t14-/m0/s1. The van der Waals surface area contributed by atoms with E-state index < -0.39 is 0 Å². The molecule has 3 heterocycles. The molecule has 1 saturated heterocycles. The molecule has 2 aliphatic heterocycles. The number of amides is 1. The molecule has 1 atom stereocenters. The van der Waals surface area contributed by atoms with Gasteiger partial charge in [0.15, 0.2) is 5.13 Å². The van der Waals surface area contributed by atoms with E-state index in [1.807, 2.05) is 24.6 Å². The minimum Gasteiger partial charge on any atom is -0.493 e. The highest BCUT2D eigenvalue weighted by Gasteiger charge is 2.26. The van der Waals surface area contributed by atoms with E-state index in [0.717, 1.165) is 43.1 Å². The second-order valence-electron chi connectivity index (χ2n) is 6.15. The predicted octanol–water partition coefficient (Wildman–Crippen LogP) is 1.59. The molecular weight excluding hydrogens is 324 g/mol. The van der Waals surface area contributed by atoms with Gasteiger partial charge in [0, 0.05) is 37.0 Å². The third kappa shape index (κ3) is 3.02. The summed E-state index contributed by atoms with van der Waals surface area (Å²) in [5, 5.41) is 8.83. The van der Waals surface area contributed by atoms with Gasteiger partial charge >= 0.3 is 0 Å². The Balaban J connectivity index is 1.47. The van der Waals surface area contributed by atoms with E-state index in [1.54, 1.807) is 0 Å². The Morgan fingerprint density at radius 2 is 2.42 bits per heavy atom. The molecule has 1 amide bonds. The molecule has 0 saturated carbocycles. The first-order chi connectivity index (χ1) is 11.7. The fourth-order valence-electron chi connectivity index (χ4n) is 3.10. The second kappa shape index (κ2) is 6.51. The van der Waals surface area contributed by atoms with Crippen LogP contribution in [0.1, 0.15) is 5.56 Å². The topological polar surface area (TPSA) is 66.5 Å². The van der Waals surface area contributed by atoms with Gasteiger partial charge in [-0.2, -0.15) is 0 Å². The maximum atomic E-state index is 12.4. The molecule has 2 N–H and O–H groups in total. The fourth-order valence-corrected chi connectivity index (χ4v) is 3.82. The zero-order valence-electron chi connectivity index (χ0n) is 13.5. The molecule has 0 radical (unpaired) electrons. The van der Waals surface area contributed by atoms with Crippen LogP contribution < -0.4 is 15.4 Å². The molecule has 0 aliphatic carbocycles. The highest BCUT2D eigenvalue weighted by atomic mass is 32.1. The van der Waals surface area contributed by atoms with Gasteiger partial charge in [-0.15, -0.1) is 11.3 Å². The smallest absolute Gasteiger partial charge is 0.244 e. The van der Waals surface area contributed by atoms with Crippen molar-refractivity contribution in [3.8, 4) is 17.0 Å². The van der Waals surface area contributed by atoms with E-state index in [-0.39, 0.29) is 11.9 Å². The highest BCUT2D eigenvalue weighted by Crippen LogP contribution is 2.31. The molecule has 2 aliphatic rings. The van der Waals surface area contributed by atoms with Crippen LogP contribution in [0.2, 0.25) is 0 Å². The van der Waals surface area contributed by atoms with Crippen molar-refractivity contribution in [2.45, 2.75) is 12.5 Å². The summed E-state index contributed by atoms with van der Waals surface area (Å²) in [5.74, 6) is 0.961. The van der Waals surface area contributed by atoms with Gasteiger partial charge in [0.05, 0.1) is 12.3 Å². The molecule has 24 heavy (non-hydrogen) atoms. The van der Waals surface area contributed by atoms with Crippen LogP contribution in [-0.4, -0.2) is 55.1 Å². The van der Waals surface area contributed by atoms with Crippen LogP contribution in [-0.2, 0) is 11.2 Å². The number of hydrogen-bond donors (Lipinski definition) is 2. The Kier molecular flexibility index (Phi) is 4.22. The van der Waals surface area contributed by atoms with Gasteiger partial charge in [-0.25, -0.2) is 4.98 Å². The molecule has 1 aromatic carbocycles. The van der Waals surface area contributed by atoms with Gasteiger partial charge in [-0.05, 0) is 30.8 Å². The van der Waals surface area contributed by atoms with Crippen molar-refractivity contribution in [1.29, 1.82) is 0 Å². The van der Waals surface area contributed by atoms with Gasteiger partial charge < -0.3 is 15.4 Å². The first-order valence-electron chi connectivity index (χ1n) is 8.14. The number of piperazine rings is 1. The Labute approximate surface area is 144 Å². The van der Waals surface area contributed by atoms with Crippen molar-refractivity contribution in [2.75, 3.05) is 38.6 Å². The van der Waals surface area contributed by atoms with Crippen molar-refractivity contribution in [3.05, 3.63) is 29.1 Å². The van der Waals surface area contributed by atoms with Crippen LogP contribution in [0.4, 0.5) is 5.13 Å². The van der Waals surface area contributed by atoms with Crippen molar-refractivity contribution in [2.24, 2.45) is 0 Å². The quantitative estimate of drug-likeness (QED) is 0.885. The number of nitrogens with zero attached hydrogens (tertiary/aromatic N) is 2. The SMILES string of the molecule is CN1CCNC[C@H]1C(=O)Nc1nc(-c2ccc3c(c2)CCO3)cs1. The molecule has 0 unspecified atom stereocenters. The average Bonchev–Trinajstić information content (AvgIpc) is 3.23. The Bertz CT molecular complexity index is 761. The van der Waals surface area contributed by atoms with E-state index in [9.17, 15) is 4.79 Å². The molecule has 1 aromatic heterocycles. The second-order valence-corrected chi connectivity index (χ2v) is 7.01. The van der Waals surface area contributed by atoms with Crippen LogP contribution in [0.25, 0.3) is 11.3 Å². The van der Waals surface area contributed by atoms with Gasteiger partial charge in [0.1, 0.15) is 11.8 Å². The number of thiazole rings is 1. The first kappa shape index (κ1) is 15.6. The molecule has 126 valence electrons. The van der Waals surface area contributed by atoms with Gasteiger partial charge in [-0.3, -0.25) is 9.69 Å².